The Balaban J connectivity index is 2.06. The normalized spacial score (nSPS) is 15.7. The van der Waals surface area contributed by atoms with Gasteiger partial charge in [0.25, 0.3) is 11.8 Å². The average molecular weight is 431 g/mol. The quantitative estimate of drug-likeness (QED) is 0.594. The molecule has 2 aromatic rings. The van der Waals surface area contributed by atoms with Gasteiger partial charge >= 0.3 is 6.03 Å². The van der Waals surface area contributed by atoms with Crippen molar-refractivity contribution in [3.8, 4) is 11.5 Å². The summed E-state index contributed by atoms with van der Waals surface area (Å²) in [5.74, 6) is -0.671. The Morgan fingerprint density at radius 2 is 1.70 bits per heavy atom. The molecular formula is C19H15BrN2O5. The van der Waals surface area contributed by atoms with E-state index in [-0.39, 0.29) is 5.57 Å². The highest BCUT2D eigenvalue weighted by atomic mass is 79.9. The standard InChI is InChI=1S/C19H15BrN2O5/c1-26-15-5-3-4-11(16(15)27-2)10-14-17(23)21-19(25)22(18(14)24)13-8-6-12(20)7-9-13/h3-10H,1-2H3,(H,21,23,25)/b14-10+. The molecule has 138 valence electrons. The Bertz CT molecular complexity index is 953. The molecule has 27 heavy (non-hydrogen) atoms. The molecule has 1 fully saturated rings. The number of nitrogens with zero attached hydrogens (tertiary/aromatic N) is 1. The molecule has 1 heterocycles. The number of hydrogen-bond acceptors (Lipinski definition) is 5. The smallest absolute Gasteiger partial charge is 0.335 e. The van der Waals surface area contributed by atoms with Gasteiger partial charge in [0.2, 0.25) is 0 Å². The second-order valence-corrected chi connectivity index (χ2v) is 6.43. The summed E-state index contributed by atoms with van der Waals surface area (Å²) in [6, 6.07) is 10.9. The maximum Gasteiger partial charge on any atom is 0.335 e. The van der Waals surface area contributed by atoms with Gasteiger partial charge in [-0.05, 0) is 36.4 Å². The van der Waals surface area contributed by atoms with Crippen LogP contribution in [0.1, 0.15) is 5.56 Å². The van der Waals surface area contributed by atoms with Crippen LogP contribution < -0.4 is 19.7 Å². The summed E-state index contributed by atoms with van der Waals surface area (Å²) >= 11 is 3.30. The number of amides is 4. The number of benzene rings is 2. The Hall–Kier alpha value is -3.13. The Morgan fingerprint density at radius 3 is 2.33 bits per heavy atom. The topological polar surface area (TPSA) is 84.9 Å². The largest absolute Gasteiger partial charge is 0.493 e. The van der Waals surface area contributed by atoms with Crippen molar-refractivity contribution in [3.63, 3.8) is 0 Å². The van der Waals surface area contributed by atoms with E-state index in [0.29, 0.717) is 22.7 Å². The van der Waals surface area contributed by atoms with Crippen molar-refractivity contribution in [1.29, 1.82) is 0 Å². The van der Waals surface area contributed by atoms with Crippen LogP contribution in [0.25, 0.3) is 6.08 Å². The molecule has 0 saturated carbocycles. The second kappa shape index (κ2) is 7.63. The number of hydrogen-bond donors (Lipinski definition) is 1. The summed E-state index contributed by atoms with van der Waals surface area (Å²) < 4.78 is 11.4. The summed E-state index contributed by atoms with van der Waals surface area (Å²) in [5, 5.41) is 2.18. The third-order valence-electron chi connectivity index (χ3n) is 3.92. The first-order chi connectivity index (χ1) is 13.0. The van der Waals surface area contributed by atoms with E-state index in [2.05, 4.69) is 21.2 Å². The van der Waals surface area contributed by atoms with E-state index in [0.717, 1.165) is 9.37 Å². The first-order valence-corrected chi connectivity index (χ1v) is 8.63. The summed E-state index contributed by atoms with van der Waals surface area (Å²) in [5.41, 5.74) is 0.626. The number of imide groups is 2. The van der Waals surface area contributed by atoms with Gasteiger partial charge in [-0.25, -0.2) is 9.69 Å². The van der Waals surface area contributed by atoms with E-state index >= 15 is 0 Å². The van der Waals surface area contributed by atoms with Gasteiger partial charge in [-0.15, -0.1) is 0 Å². The van der Waals surface area contributed by atoms with Gasteiger partial charge in [-0.1, -0.05) is 28.1 Å². The van der Waals surface area contributed by atoms with Gasteiger partial charge in [0, 0.05) is 10.0 Å². The molecule has 1 aliphatic heterocycles. The van der Waals surface area contributed by atoms with Crippen LogP contribution in [0.15, 0.2) is 52.5 Å². The number of barbiturate groups is 1. The minimum atomic E-state index is -0.804. The van der Waals surface area contributed by atoms with Gasteiger partial charge in [-0.3, -0.25) is 14.9 Å². The Kier molecular flexibility index (Phi) is 5.27. The van der Waals surface area contributed by atoms with E-state index in [9.17, 15) is 14.4 Å². The van der Waals surface area contributed by atoms with Crippen molar-refractivity contribution in [1.82, 2.24) is 5.32 Å². The molecule has 8 heteroatoms. The van der Waals surface area contributed by atoms with E-state index in [1.165, 1.54) is 20.3 Å². The third kappa shape index (κ3) is 3.56. The van der Waals surface area contributed by atoms with Gasteiger partial charge < -0.3 is 9.47 Å². The fourth-order valence-electron chi connectivity index (χ4n) is 2.66. The molecule has 3 rings (SSSR count). The predicted octanol–water partition coefficient (Wildman–Crippen LogP) is 3.13. The molecule has 2 aromatic carbocycles. The van der Waals surface area contributed by atoms with Crippen LogP contribution in [0, 0.1) is 0 Å². The highest BCUT2D eigenvalue weighted by Crippen LogP contribution is 2.33. The highest BCUT2D eigenvalue weighted by molar-refractivity contribution is 9.10. The SMILES string of the molecule is COc1cccc(/C=C2\C(=O)NC(=O)N(c3ccc(Br)cc3)C2=O)c1OC. The first-order valence-electron chi connectivity index (χ1n) is 7.84. The first kappa shape index (κ1) is 18.7. The van der Waals surface area contributed by atoms with Gasteiger partial charge in [-0.2, -0.15) is 0 Å². The fourth-order valence-corrected chi connectivity index (χ4v) is 2.93. The summed E-state index contributed by atoms with van der Waals surface area (Å²) in [7, 11) is 2.95. The number of carbonyl (C=O) groups is 3. The van der Waals surface area contributed by atoms with Crippen molar-refractivity contribution in [3.05, 3.63) is 58.1 Å². The number of para-hydroxylation sites is 1. The number of nitrogens with one attached hydrogen (secondary N) is 1. The zero-order valence-electron chi connectivity index (χ0n) is 14.5. The Labute approximate surface area is 163 Å². The summed E-state index contributed by atoms with van der Waals surface area (Å²) in [4.78, 5) is 38.3. The molecule has 1 saturated heterocycles. The predicted molar refractivity (Wildman–Crippen MR) is 103 cm³/mol. The molecule has 1 N–H and O–H groups in total. The van der Waals surface area contributed by atoms with Crippen LogP contribution in [0.4, 0.5) is 10.5 Å². The molecule has 0 spiro atoms. The zero-order valence-corrected chi connectivity index (χ0v) is 16.1. The van der Waals surface area contributed by atoms with Crippen LogP contribution in [0.2, 0.25) is 0 Å². The molecule has 0 bridgehead atoms. The lowest BCUT2D eigenvalue weighted by Gasteiger charge is -2.26. The minimum absolute atomic E-state index is 0.191. The van der Waals surface area contributed by atoms with E-state index in [4.69, 9.17) is 9.47 Å². The molecule has 0 aliphatic carbocycles. The number of halogens is 1. The molecule has 0 unspecified atom stereocenters. The minimum Gasteiger partial charge on any atom is -0.493 e. The van der Waals surface area contributed by atoms with E-state index in [1.54, 1.807) is 42.5 Å². The molecule has 0 aromatic heterocycles. The summed E-state index contributed by atoms with van der Waals surface area (Å²) in [6.07, 6.45) is 1.37. The molecule has 4 amide bonds. The van der Waals surface area contributed by atoms with Gasteiger partial charge in [0.1, 0.15) is 5.57 Å². The number of ether oxygens (including phenoxy) is 2. The second-order valence-electron chi connectivity index (χ2n) is 5.52. The van der Waals surface area contributed by atoms with E-state index < -0.39 is 17.8 Å². The molecule has 0 radical (unpaired) electrons. The lowest BCUT2D eigenvalue weighted by molar-refractivity contribution is -0.122. The van der Waals surface area contributed by atoms with Crippen LogP contribution >= 0.6 is 15.9 Å². The van der Waals surface area contributed by atoms with Crippen LogP contribution in [0.5, 0.6) is 11.5 Å². The van der Waals surface area contributed by atoms with Crippen LogP contribution in [-0.4, -0.2) is 32.1 Å². The van der Waals surface area contributed by atoms with Crippen LogP contribution in [0.3, 0.4) is 0 Å². The zero-order chi connectivity index (χ0) is 19.6. The maximum absolute atomic E-state index is 12.9. The maximum atomic E-state index is 12.9. The number of urea groups is 1. The molecule has 0 atom stereocenters. The highest BCUT2D eigenvalue weighted by Gasteiger charge is 2.37. The average Bonchev–Trinajstić information content (AvgIpc) is 2.66. The lowest BCUT2D eigenvalue weighted by atomic mass is 10.1. The fraction of sp³-hybridized carbons (Fsp3) is 0.105. The van der Waals surface area contributed by atoms with Gasteiger partial charge in [0.15, 0.2) is 11.5 Å². The van der Waals surface area contributed by atoms with E-state index in [1.807, 2.05) is 0 Å². The van der Waals surface area contributed by atoms with Crippen molar-refractivity contribution < 1.29 is 23.9 Å². The third-order valence-corrected chi connectivity index (χ3v) is 4.45. The lowest BCUT2D eigenvalue weighted by Crippen LogP contribution is -2.54. The molecular weight excluding hydrogens is 416 g/mol. The van der Waals surface area contributed by atoms with Crippen molar-refractivity contribution in [2.75, 3.05) is 19.1 Å². The molecule has 1 aliphatic rings. The van der Waals surface area contributed by atoms with Crippen molar-refractivity contribution in [2.45, 2.75) is 0 Å². The number of methoxy groups -OCH3 is 2. The number of anilines is 1. The van der Waals surface area contributed by atoms with Gasteiger partial charge in [0.05, 0.1) is 19.9 Å². The van der Waals surface area contributed by atoms with Crippen molar-refractivity contribution >= 4 is 45.5 Å². The summed E-state index contributed by atoms with van der Waals surface area (Å²) in [6.45, 7) is 0. The Morgan fingerprint density at radius 1 is 1.00 bits per heavy atom. The monoisotopic (exact) mass is 430 g/mol. The van der Waals surface area contributed by atoms with Crippen molar-refractivity contribution in [2.24, 2.45) is 0 Å². The number of rotatable bonds is 4. The number of carbonyl (C=O) groups excluding carboxylic acids is 3. The van der Waals surface area contributed by atoms with Crippen LogP contribution in [-0.2, 0) is 9.59 Å². The molecule has 7 nitrogen and oxygen atoms in total.